The molecular formula is C27H23I2N3O6. The molecule has 38 heavy (non-hydrogen) atoms. The molecule has 1 aliphatic heterocycles. The van der Waals surface area contributed by atoms with Gasteiger partial charge in [-0.1, -0.05) is 24.3 Å². The molecule has 2 N–H and O–H groups in total. The van der Waals surface area contributed by atoms with Crippen LogP contribution in [0.1, 0.15) is 11.1 Å². The molecule has 4 amide bonds. The molecule has 1 aliphatic rings. The smallest absolute Gasteiger partial charge is 0.329 e. The highest BCUT2D eigenvalue weighted by atomic mass is 127. The molecule has 1 heterocycles. The molecular weight excluding hydrogens is 716 g/mol. The highest BCUT2D eigenvalue weighted by Crippen LogP contribution is 2.35. The molecule has 0 aromatic heterocycles. The van der Waals surface area contributed by atoms with Gasteiger partial charge in [0.1, 0.15) is 24.6 Å². The number of imide groups is 1. The minimum absolute atomic E-state index is 0.0468. The van der Waals surface area contributed by atoms with Gasteiger partial charge in [0.15, 0.2) is 11.5 Å². The Morgan fingerprint density at radius 3 is 2.42 bits per heavy atom. The van der Waals surface area contributed by atoms with Gasteiger partial charge in [-0.25, -0.2) is 9.69 Å². The Morgan fingerprint density at radius 2 is 1.71 bits per heavy atom. The highest BCUT2D eigenvalue weighted by Gasteiger charge is 2.35. The normalized spacial score (nSPS) is 13.9. The maximum Gasteiger partial charge on any atom is 0.329 e. The quantitative estimate of drug-likeness (QED) is 0.182. The summed E-state index contributed by atoms with van der Waals surface area (Å²) in [5, 5.41) is 5.20. The molecule has 0 unspecified atom stereocenters. The molecule has 0 atom stereocenters. The molecule has 3 aromatic rings. The number of halogens is 2. The van der Waals surface area contributed by atoms with E-state index < -0.39 is 24.4 Å². The van der Waals surface area contributed by atoms with Crippen molar-refractivity contribution < 1.29 is 28.6 Å². The Bertz CT molecular complexity index is 1410. The van der Waals surface area contributed by atoms with Crippen LogP contribution in [0.4, 0.5) is 10.5 Å². The monoisotopic (exact) mass is 739 g/mol. The van der Waals surface area contributed by atoms with Crippen molar-refractivity contribution >= 4 is 74.8 Å². The fraction of sp³-hybridized carbons (Fsp3) is 0.148. The maximum atomic E-state index is 12.9. The van der Waals surface area contributed by atoms with E-state index in [4.69, 9.17) is 14.2 Å². The lowest BCUT2D eigenvalue weighted by molar-refractivity contribution is -0.127. The van der Waals surface area contributed by atoms with Gasteiger partial charge in [0, 0.05) is 3.57 Å². The number of amides is 4. The Morgan fingerprint density at radius 1 is 1.00 bits per heavy atom. The lowest BCUT2D eigenvalue weighted by atomic mass is 10.1. The number of hydrogen-bond acceptors (Lipinski definition) is 6. The number of carbonyl (C=O) groups excluding carboxylic acids is 3. The number of nitrogens with zero attached hydrogens (tertiary/aromatic N) is 1. The molecule has 1 fully saturated rings. The van der Waals surface area contributed by atoms with E-state index in [0.717, 1.165) is 17.6 Å². The van der Waals surface area contributed by atoms with E-state index in [1.165, 1.54) is 20.3 Å². The fourth-order valence-corrected chi connectivity index (χ4v) is 4.80. The molecule has 0 aliphatic carbocycles. The van der Waals surface area contributed by atoms with Crippen LogP contribution in [0, 0.1) is 7.14 Å². The van der Waals surface area contributed by atoms with Gasteiger partial charge in [-0.2, -0.15) is 0 Å². The van der Waals surface area contributed by atoms with Crippen molar-refractivity contribution in [2.45, 2.75) is 6.61 Å². The first-order valence-electron chi connectivity index (χ1n) is 11.3. The van der Waals surface area contributed by atoms with Crippen molar-refractivity contribution in [1.82, 2.24) is 10.2 Å². The van der Waals surface area contributed by atoms with Gasteiger partial charge in [-0.3, -0.25) is 9.59 Å². The molecule has 0 saturated carbocycles. The summed E-state index contributed by atoms with van der Waals surface area (Å²) in [6.45, 7) is -0.0869. The Labute approximate surface area is 246 Å². The van der Waals surface area contributed by atoms with Crippen LogP contribution < -0.4 is 24.8 Å². The average Bonchev–Trinajstić information content (AvgIpc) is 3.16. The number of hydrogen-bond donors (Lipinski definition) is 2. The van der Waals surface area contributed by atoms with Crippen LogP contribution in [-0.4, -0.2) is 43.5 Å². The summed E-state index contributed by atoms with van der Waals surface area (Å²) in [6, 6.07) is 17.7. The third-order valence-electron chi connectivity index (χ3n) is 5.50. The van der Waals surface area contributed by atoms with Gasteiger partial charge in [0.05, 0.1) is 23.5 Å². The number of anilines is 1. The Hall–Kier alpha value is -3.33. The first kappa shape index (κ1) is 27.7. The van der Waals surface area contributed by atoms with Crippen molar-refractivity contribution in [1.29, 1.82) is 0 Å². The number of benzene rings is 3. The van der Waals surface area contributed by atoms with Crippen molar-refractivity contribution in [3.8, 4) is 17.2 Å². The van der Waals surface area contributed by atoms with E-state index in [1.54, 1.807) is 30.3 Å². The van der Waals surface area contributed by atoms with Crippen molar-refractivity contribution in [3.63, 3.8) is 0 Å². The molecule has 196 valence electrons. The third-order valence-corrected chi connectivity index (χ3v) is 7.02. The average molecular weight is 739 g/mol. The van der Waals surface area contributed by atoms with Gasteiger partial charge in [0.25, 0.3) is 5.91 Å². The molecule has 0 spiro atoms. The second kappa shape index (κ2) is 12.5. The molecule has 1 saturated heterocycles. The first-order valence-corrected chi connectivity index (χ1v) is 13.5. The topological polar surface area (TPSA) is 106 Å². The van der Waals surface area contributed by atoms with Gasteiger partial charge >= 0.3 is 6.03 Å². The minimum atomic E-state index is -0.685. The number of rotatable bonds is 9. The summed E-state index contributed by atoms with van der Waals surface area (Å²) < 4.78 is 18.7. The lowest BCUT2D eigenvalue weighted by Gasteiger charge is -2.14. The zero-order chi connectivity index (χ0) is 27.2. The third kappa shape index (κ3) is 6.56. The van der Waals surface area contributed by atoms with Gasteiger partial charge in [0.2, 0.25) is 5.91 Å². The van der Waals surface area contributed by atoms with Crippen molar-refractivity contribution in [2.75, 3.05) is 26.1 Å². The fourth-order valence-electron chi connectivity index (χ4n) is 3.66. The predicted molar refractivity (Wildman–Crippen MR) is 159 cm³/mol. The second-order valence-electron chi connectivity index (χ2n) is 8.08. The van der Waals surface area contributed by atoms with Crippen LogP contribution in [0.25, 0.3) is 6.08 Å². The van der Waals surface area contributed by atoms with E-state index in [9.17, 15) is 14.4 Å². The molecule has 3 aromatic carbocycles. The van der Waals surface area contributed by atoms with Gasteiger partial charge in [-0.15, -0.1) is 0 Å². The Kier molecular flexibility index (Phi) is 9.09. The van der Waals surface area contributed by atoms with Crippen LogP contribution in [0.5, 0.6) is 17.2 Å². The second-order valence-corrected chi connectivity index (χ2v) is 10.5. The summed E-state index contributed by atoms with van der Waals surface area (Å²) in [4.78, 5) is 38.8. The standard InChI is InChI=1S/C27H23I2N3O6/c1-36-22-6-4-3-5-20(22)30-24(33)14-32-26(34)21(31-27(32)35)12-17-11-19(29)25(23(13-17)37-2)38-15-16-7-9-18(28)10-8-16/h3-13H,14-15H2,1-2H3,(H,30,33)(H,31,35)/b21-12+. The molecule has 9 nitrogen and oxygen atoms in total. The van der Waals surface area contributed by atoms with Gasteiger partial charge in [-0.05, 0) is 98.8 Å². The summed E-state index contributed by atoms with van der Waals surface area (Å²) in [7, 11) is 3.02. The highest BCUT2D eigenvalue weighted by molar-refractivity contribution is 14.1. The van der Waals surface area contributed by atoms with Crippen LogP contribution in [-0.2, 0) is 16.2 Å². The first-order chi connectivity index (χ1) is 18.3. The van der Waals surface area contributed by atoms with E-state index in [0.29, 0.717) is 35.1 Å². The summed E-state index contributed by atoms with van der Waals surface area (Å²) >= 11 is 4.38. The van der Waals surface area contributed by atoms with Crippen LogP contribution in [0.3, 0.4) is 0 Å². The number of nitrogens with one attached hydrogen (secondary N) is 2. The van der Waals surface area contributed by atoms with E-state index in [1.807, 2.05) is 30.3 Å². The lowest BCUT2D eigenvalue weighted by Crippen LogP contribution is -2.38. The molecule has 11 heteroatoms. The minimum Gasteiger partial charge on any atom is -0.495 e. The largest absolute Gasteiger partial charge is 0.495 e. The molecule has 0 bridgehead atoms. The number of carbonyl (C=O) groups is 3. The SMILES string of the molecule is COc1ccccc1NC(=O)CN1C(=O)N/C(=C/c2cc(I)c(OCc3ccc(I)cc3)c(OC)c2)C1=O. The zero-order valence-electron chi connectivity index (χ0n) is 20.4. The summed E-state index contributed by atoms with van der Waals surface area (Å²) in [6.07, 6.45) is 1.53. The maximum absolute atomic E-state index is 12.9. The van der Waals surface area contributed by atoms with Crippen LogP contribution >= 0.6 is 45.2 Å². The Balaban J connectivity index is 1.47. The number of urea groups is 1. The number of ether oxygens (including phenoxy) is 3. The van der Waals surface area contributed by atoms with Crippen LogP contribution in [0.2, 0.25) is 0 Å². The van der Waals surface area contributed by atoms with Gasteiger partial charge < -0.3 is 24.8 Å². The predicted octanol–water partition coefficient (Wildman–Crippen LogP) is 5.02. The zero-order valence-corrected chi connectivity index (χ0v) is 24.7. The number of methoxy groups -OCH3 is 2. The number of para-hydroxylation sites is 2. The van der Waals surface area contributed by atoms with Crippen LogP contribution in [0.15, 0.2) is 66.4 Å². The van der Waals surface area contributed by atoms with E-state index >= 15 is 0 Å². The summed E-state index contributed by atoms with van der Waals surface area (Å²) in [5.41, 5.74) is 2.12. The van der Waals surface area contributed by atoms with Crippen molar-refractivity contribution in [2.24, 2.45) is 0 Å². The summed E-state index contributed by atoms with van der Waals surface area (Å²) in [5.74, 6) is 0.376. The molecule has 0 radical (unpaired) electrons. The van der Waals surface area contributed by atoms with E-state index in [2.05, 4.69) is 55.8 Å². The van der Waals surface area contributed by atoms with E-state index in [-0.39, 0.29) is 5.70 Å². The molecule has 4 rings (SSSR count). The van der Waals surface area contributed by atoms with Crippen molar-refractivity contribution in [3.05, 3.63) is 84.6 Å².